The molecule has 0 saturated heterocycles. The van der Waals surface area contributed by atoms with Gasteiger partial charge in [0.25, 0.3) is 0 Å². The average Bonchev–Trinajstić information content (AvgIpc) is 2.73. The molecule has 0 radical (unpaired) electrons. The van der Waals surface area contributed by atoms with Crippen molar-refractivity contribution < 1.29 is 9.26 Å². The maximum atomic E-state index is 5.58. The Morgan fingerprint density at radius 3 is 2.28 bits per heavy atom. The molecule has 0 bridgehead atoms. The number of nitrogens with zero attached hydrogens (tertiary/aromatic N) is 2. The zero-order chi connectivity index (χ0) is 13.7. The molecule has 2 N–H and O–H groups in total. The highest BCUT2D eigenvalue weighted by Gasteiger charge is 2.25. The van der Waals surface area contributed by atoms with Crippen molar-refractivity contribution in [3.8, 4) is 0 Å². The van der Waals surface area contributed by atoms with E-state index >= 15 is 0 Å². The molecular formula is C13H25N3O2. The largest absolute Gasteiger partial charge is 0.380 e. The lowest BCUT2D eigenvalue weighted by Crippen LogP contribution is -2.24. The zero-order valence-corrected chi connectivity index (χ0v) is 12.0. The van der Waals surface area contributed by atoms with Crippen LogP contribution in [0.3, 0.4) is 0 Å². The van der Waals surface area contributed by atoms with E-state index in [1.807, 2.05) is 0 Å². The van der Waals surface area contributed by atoms with Crippen molar-refractivity contribution in [1.29, 1.82) is 0 Å². The monoisotopic (exact) mass is 255 g/mol. The molecule has 1 atom stereocenters. The van der Waals surface area contributed by atoms with Gasteiger partial charge in [0.1, 0.15) is 0 Å². The summed E-state index contributed by atoms with van der Waals surface area (Å²) < 4.78 is 10.5. The lowest BCUT2D eigenvalue weighted by molar-refractivity contribution is 0.102. The smallest absolute Gasteiger partial charge is 0.229 e. The third kappa shape index (κ3) is 3.78. The Hall–Kier alpha value is -0.940. The number of nitrogens with two attached hydrogens (primary N) is 1. The Kier molecular flexibility index (Phi) is 5.75. The zero-order valence-electron chi connectivity index (χ0n) is 12.0. The first-order valence-electron chi connectivity index (χ1n) is 6.54. The van der Waals surface area contributed by atoms with Crippen LogP contribution in [0.15, 0.2) is 4.52 Å². The van der Waals surface area contributed by atoms with Crippen LogP contribution in [-0.2, 0) is 11.2 Å². The van der Waals surface area contributed by atoms with Gasteiger partial charge in [0.2, 0.25) is 5.89 Å². The number of hydrogen-bond acceptors (Lipinski definition) is 5. The maximum Gasteiger partial charge on any atom is 0.229 e. The highest BCUT2D eigenvalue weighted by Crippen LogP contribution is 2.29. The summed E-state index contributed by atoms with van der Waals surface area (Å²) in [6.07, 6.45) is 0.512. The molecule has 18 heavy (non-hydrogen) atoms. The molecule has 1 unspecified atom stereocenters. The quantitative estimate of drug-likeness (QED) is 0.806. The minimum Gasteiger partial charge on any atom is -0.380 e. The first-order valence-corrected chi connectivity index (χ1v) is 6.54. The molecule has 1 heterocycles. The summed E-state index contributed by atoms with van der Waals surface area (Å²) in [4.78, 5) is 4.48. The Balaban J connectivity index is 2.78. The number of aromatic nitrogens is 2. The number of rotatable bonds is 7. The lowest BCUT2D eigenvalue weighted by atomic mass is 9.85. The van der Waals surface area contributed by atoms with Gasteiger partial charge in [-0.3, -0.25) is 0 Å². The van der Waals surface area contributed by atoms with E-state index in [4.69, 9.17) is 15.0 Å². The van der Waals surface area contributed by atoms with Gasteiger partial charge in [-0.1, -0.05) is 32.9 Å². The predicted octanol–water partition coefficient (Wildman–Crippen LogP) is 1.98. The molecule has 0 aliphatic heterocycles. The van der Waals surface area contributed by atoms with Crippen LogP contribution in [0.25, 0.3) is 0 Å². The van der Waals surface area contributed by atoms with Crippen molar-refractivity contribution in [2.24, 2.45) is 17.6 Å². The summed E-state index contributed by atoms with van der Waals surface area (Å²) in [6.45, 7) is 9.17. The molecule has 1 aromatic rings. The van der Waals surface area contributed by atoms with Crippen molar-refractivity contribution in [3.63, 3.8) is 0 Å². The van der Waals surface area contributed by atoms with Crippen molar-refractivity contribution in [3.05, 3.63) is 11.7 Å². The van der Waals surface area contributed by atoms with Gasteiger partial charge in [-0.25, -0.2) is 0 Å². The van der Waals surface area contributed by atoms with Gasteiger partial charge in [0.05, 0.1) is 12.5 Å². The van der Waals surface area contributed by atoms with E-state index in [9.17, 15) is 0 Å². The predicted molar refractivity (Wildman–Crippen MR) is 70.3 cm³/mol. The van der Waals surface area contributed by atoms with E-state index in [-0.39, 0.29) is 6.10 Å². The van der Waals surface area contributed by atoms with Gasteiger partial charge >= 0.3 is 0 Å². The SMILES string of the molecule is COC(CN)Cc1nc(C(C(C)C)C(C)C)no1. The third-order valence-corrected chi connectivity index (χ3v) is 3.22. The van der Waals surface area contributed by atoms with Crippen LogP contribution < -0.4 is 5.73 Å². The fourth-order valence-electron chi connectivity index (χ4n) is 2.31. The number of hydrogen-bond donors (Lipinski definition) is 1. The summed E-state index contributed by atoms with van der Waals surface area (Å²) in [7, 11) is 1.64. The van der Waals surface area contributed by atoms with Crippen LogP contribution >= 0.6 is 0 Å². The van der Waals surface area contributed by atoms with Gasteiger partial charge in [-0.15, -0.1) is 0 Å². The lowest BCUT2D eigenvalue weighted by Gasteiger charge is -2.20. The first-order chi connectivity index (χ1) is 8.49. The minimum absolute atomic E-state index is 0.0603. The van der Waals surface area contributed by atoms with E-state index in [0.29, 0.717) is 36.6 Å². The van der Waals surface area contributed by atoms with Gasteiger partial charge in [0, 0.05) is 19.6 Å². The van der Waals surface area contributed by atoms with Crippen molar-refractivity contribution in [2.75, 3.05) is 13.7 Å². The number of ether oxygens (including phenoxy) is 1. The van der Waals surface area contributed by atoms with Gasteiger partial charge in [-0.05, 0) is 11.8 Å². The van der Waals surface area contributed by atoms with Crippen LogP contribution in [-0.4, -0.2) is 29.9 Å². The van der Waals surface area contributed by atoms with E-state index in [0.717, 1.165) is 5.82 Å². The Bertz CT molecular complexity index is 338. The van der Waals surface area contributed by atoms with E-state index in [1.54, 1.807) is 7.11 Å². The van der Waals surface area contributed by atoms with Gasteiger partial charge in [-0.2, -0.15) is 4.98 Å². The second kappa shape index (κ2) is 6.85. The van der Waals surface area contributed by atoms with Crippen LogP contribution in [0.4, 0.5) is 0 Å². The molecule has 0 aromatic carbocycles. The second-order valence-corrected chi connectivity index (χ2v) is 5.36. The molecule has 0 saturated carbocycles. The Morgan fingerprint density at radius 2 is 1.83 bits per heavy atom. The van der Waals surface area contributed by atoms with Crippen molar-refractivity contribution >= 4 is 0 Å². The van der Waals surface area contributed by atoms with E-state index in [2.05, 4.69) is 37.8 Å². The molecule has 0 amide bonds. The van der Waals surface area contributed by atoms with Crippen LogP contribution in [0, 0.1) is 11.8 Å². The average molecular weight is 255 g/mol. The third-order valence-electron chi connectivity index (χ3n) is 3.22. The summed E-state index contributed by atoms with van der Waals surface area (Å²) in [5.74, 6) is 2.70. The molecule has 104 valence electrons. The summed E-state index contributed by atoms with van der Waals surface area (Å²) in [6, 6.07) is 0. The van der Waals surface area contributed by atoms with Crippen LogP contribution in [0.1, 0.15) is 45.3 Å². The molecule has 5 heteroatoms. The Morgan fingerprint density at radius 1 is 1.22 bits per heavy atom. The van der Waals surface area contributed by atoms with Crippen molar-refractivity contribution in [2.45, 2.75) is 46.1 Å². The molecule has 5 nitrogen and oxygen atoms in total. The maximum absolute atomic E-state index is 5.58. The fourth-order valence-corrected chi connectivity index (χ4v) is 2.31. The second-order valence-electron chi connectivity index (χ2n) is 5.36. The van der Waals surface area contributed by atoms with Gasteiger partial charge in [0.15, 0.2) is 5.82 Å². The summed E-state index contributed by atoms with van der Waals surface area (Å²) in [5, 5.41) is 4.10. The minimum atomic E-state index is -0.0603. The van der Waals surface area contributed by atoms with Crippen molar-refractivity contribution in [1.82, 2.24) is 10.1 Å². The highest BCUT2D eigenvalue weighted by molar-refractivity contribution is 4.99. The standard InChI is InChI=1S/C13H25N3O2/c1-8(2)12(9(3)4)13-15-11(18-16-13)6-10(7-14)17-5/h8-10,12H,6-7,14H2,1-5H3. The topological polar surface area (TPSA) is 74.2 Å². The molecule has 1 aromatic heterocycles. The van der Waals surface area contributed by atoms with E-state index in [1.165, 1.54) is 0 Å². The summed E-state index contributed by atoms with van der Waals surface area (Å²) in [5.41, 5.74) is 5.58. The summed E-state index contributed by atoms with van der Waals surface area (Å²) >= 11 is 0. The van der Waals surface area contributed by atoms with E-state index < -0.39 is 0 Å². The molecule has 1 rings (SSSR count). The molecular weight excluding hydrogens is 230 g/mol. The number of methoxy groups -OCH3 is 1. The normalized spacial score (nSPS) is 13.8. The van der Waals surface area contributed by atoms with Gasteiger partial charge < -0.3 is 15.0 Å². The molecule has 0 aliphatic rings. The molecule has 0 spiro atoms. The highest BCUT2D eigenvalue weighted by atomic mass is 16.5. The fraction of sp³-hybridized carbons (Fsp3) is 0.846. The first kappa shape index (κ1) is 15.1. The Labute approximate surface area is 109 Å². The molecule has 0 fully saturated rings. The van der Waals surface area contributed by atoms with Crippen LogP contribution in [0.2, 0.25) is 0 Å². The van der Waals surface area contributed by atoms with Crippen LogP contribution in [0.5, 0.6) is 0 Å². The molecule has 0 aliphatic carbocycles.